The Labute approximate surface area is 367 Å². The van der Waals surface area contributed by atoms with Gasteiger partial charge in [-0.2, -0.15) is 0 Å². The van der Waals surface area contributed by atoms with Crippen LogP contribution in [0.3, 0.4) is 0 Å². The number of fused-ring (bicyclic) bond motifs is 5. The van der Waals surface area contributed by atoms with E-state index in [1.165, 1.54) is 43.9 Å². The summed E-state index contributed by atoms with van der Waals surface area (Å²) in [5.74, 6) is 0.693. The SMILES string of the molecule is C=Cc1c(/C=C\C)c2cc(-c3ccc(-c4nc(-c5ccccc5)c5ccc(-c6cc7c(cc6C)c6cc(C)ccc6n7-c6ccccc6)cc5n4)cc3)ccc2n1-c1ccccc1. The van der Waals surface area contributed by atoms with Crippen LogP contribution in [0.15, 0.2) is 195 Å². The normalized spacial score (nSPS) is 11.7. The van der Waals surface area contributed by atoms with Crippen LogP contribution in [0.25, 0.3) is 112 Å². The molecule has 0 atom stereocenters. The number of hydrogen-bond donors (Lipinski definition) is 0. The topological polar surface area (TPSA) is 35.6 Å². The van der Waals surface area contributed by atoms with Gasteiger partial charge >= 0.3 is 0 Å². The zero-order chi connectivity index (χ0) is 42.6. The maximum atomic E-state index is 5.31. The number of allylic oxidation sites excluding steroid dienone is 1. The first kappa shape index (κ1) is 37.9. The number of rotatable bonds is 8. The van der Waals surface area contributed by atoms with E-state index < -0.39 is 0 Å². The summed E-state index contributed by atoms with van der Waals surface area (Å²) in [6.07, 6.45) is 6.24. The molecule has 4 nitrogen and oxygen atoms in total. The molecular formula is C59H44N4. The second kappa shape index (κ2) is 15.4. The van der Waals surface area contributed by atoms with Crippen LogP contribution in [-0.4, -0.2) is 19.1 Å². The van der Waals surface area contributed by atoms with Gasteiger partial charge in [-0.15, -0.1) is 0 Å². The summed E-state index contributed by atoms with van der Waals surface area (Å²) in [6, 6.07) is 65.2. The highest BCUT2D eigenvalue weighted by Gasteiger charge is 2.19. The van der Waals surface area contributed by atoms with Crippen LogP contribution in [0.1, 0.15) is 29.3 Å². The van der Waals surface area contributed by atoms with Crippen LogP contribution in [0.4, 0.5) is 0 Å². The van der Waals surface area contributed by atoms with Gasteiger partial charge in [0.25, 0.3) is 0 Å². The van der Waals surface area contributed by atoms with Gasteiger partial charge in [-0.1, -0.05) is 133 Å². The van der Waals surface area contributed by atoms with Crippen molar-refractivity contribution in [2.24, 2.45) is 0 Å². The van der Waals surface area contributed by atoms with E-state index in [1.807, 2.05) is 12.1 Å². The maximum Gasteiger partial charge on any atom is 0.160 e. The lowest BCUT2D eigenvalue weighted by Gasteiger charge is -2.13. The van der Waals surface area contributed by atoms with Crippen LogP contribution >= 0.6 is 0 Å². The Morgan fingerprint density at radius 3 is 1.81 bits per heavy atom. The number of para-hydroxylation sites is 2. The molecule has 0 N–H and O–H groups in total. The molecule has 0 spiro atoms. The zero-order valence-corrected chi connectivity index (χ0v) is 35.5. The Bertz CT molecular complexity index is 3570. The van der Waals surface area contributed by atoms with Gasteiger partial charge in [-0.05, 0) is 127 Å². The molecule has 63 heavy (non-hydrogen) atoms. The van der Waals surface area contributed by atoms with Crippen molar-refractivity contribution in [2.75, 3.05) is 0 Å². The molecule has 0 radical (unpaired) electrons. The summed E-state index contributed by atoms with van der Waals surface area (Å²) in [5, 5.41) is 4.72. The Balaban J connectivity index is 1.03. The van der Waals surface area contributed by atoms with Crippen molar-refractivity contribution in [2.45, 2.75) is 20.8 Å². The number of aryl methyl sites for hydroxylation is 2. The maximum absolute atomic E-state index is 5.31. The van der Waals surface area contributed by atoms with Crippen molar-refractivity contribution in [3.8, 4) is 56.3 Å². The minimum absolute atomic E-state index is 0.693. The van der Waals surface area contributed by atoms with Crippen molar-refractivity contribution in [3.05, 3.63) is 217 Å². The minimum Gasteiger partial charge on any atom is -0.309 e. The molecule has 300 valence electrons. The lowest BCUT2D eigenvalue weighted by atomic mass is 9.96. The van der Waals surface area contributed by atoms with Gasteiger partial charge < -0.3 is 9.13 Å². The average Bonchev–Trinajstić information content (AvgIpc) is 3.82. The molecule has 4 heteroatoms. The second-order valence-electron chi connectivity index (χ2n) is 16.4. The molecule has 0 aliphatic heterocycles. The minimum atomic E-state index is 0.693. The van der Waals surface area contributed by atoms with Crippen LogP contribution in [0.5, 0.6) is 0 Å². The molecule has 0 amide bonds. The summed E-state index contributed by atoms with van der Waals surface area (Å²) in [5.41, 5.74) is 18.9. The van der Waals surface area contributed by atoms with E-state index in [2.05, 4.69) is 225 Å². The smallest absolute Gasteiger partial charge is 0.160 e. The molecular weight excluding hydrogens is 765 g/mol. The van der Waals surface area contributed by atoms with Gasteiger partial charge in [-0.25, -0.2) is 9.97 Å². The fourth-order valence-electron chi connectivity index (χ4n) is 9.42. The van der Waals surface area contributed by atoms with Crippen LogP contribution in [0, 0.1) is 13.8 Å². The van der Waals surface area contributed by atoms with Gasteiger partial charge in [0.05, 0.1) is 33.5 Å². The third-order valence-electron chi connectivity index (χ3n) is 12.4. The first-order chi connectivity index (χ1) is 31.0. The number of nitrogens with zero attached hydrogens (tertiary/aromatic N) is 4. The molecule has 0 fully saturated rings. The standard InChI is InChI=1S/C59H44N4/c1-5-16-47-52-35-43(29-32-56(52)62(54(47)6-2)45-19-12-8-13-20-45)40-24-26-42(27-25-40)59-60-53-36-44(28-30-48(53)58(61-59)41-17-10-7-11-18-41)49-37-57-51(34-39(49)4)50-33-38(3)23-31-55(50)63(57)46-21-14-9-15-22-46/h5-37H,2H2,1,3-4H3/b16-5-. The van der Waals surface area contributed by atoms with Crippen LogP contribution in [0.2, 0.25) is 0 Å². The predicted molar refractivity (Wildman–Crippen MR) is 267 cm³/mol. The molecule has 0 bridgehead atoms. The summed E-state index contributed by atoms with van der Waals surface area (Å²) < 4.78 is 4.69. The first-order valence-corrected chi connectivity index (χ1v) is 21.6. The monoisotopic (exact) mass is 808 g/mol. The molecule has 0 unspecified atom stereocenters. The van der Waals surface area contributed by atoms with Crippen LogP contribution in [-0.2, 0) is 0 Å². The Morgan fingerprint density at radius 2 is 1.10 bits per heavy atom. The molecule has 0 saturated carbocycles. The largest absolute Gasteiger partial charge is 0.309 e. The third-order valence-corrected chi connectivity index (χ3v) is 12.4. The van der Waals surface area contributed by atoms with Gasteiger partial charge in [0, 0.05) is 49.6 Å². The lowest BCUT2D eigenvalue weighted by Crippen LogP contribution is -1.97. The van der Waals surface area contributed by atoms with E-state index >= 15 is 0 Å². The zero-order valence-electron chi connectivity index (χ0n) is 35.5. The molecule has 0 saturated heterocycles. The van der Waals surface area contributed by atoms with E-state index in [1.54, 1.807) is 0 Å². The number of benzene rings is 8. The van der Waals surface area contributed by atoms with E-state index in [-0.39, 0.29) is 0 Å². The van der Waals surface area contributed by atoms with Gasteiger partial charge in [-0.3, -0.25) is 0 Å². The molecule has 11 aromatic rings. The summed E-state index contributed by atoms with van der Waals surface area (Å²) in [7, 11) is 0. The molecule has 11 rings (SSSR count). The summed E-state index contributed by atoms with van der Waals surface area (Å²) in [4.78, 5) is 10.6. The summed E-state index contributed by atoms with van der Waals surface area (Å²) >= 11 is 0. The highest BCUT2D eigenvalue weighted by molar-refractivity contribution is 6.11. The summed E-state index contributed by atoms with van der Waals surface area (Å²) in [6.45, 7) is 10.7. The lowest BCUT2D eigenvalue weighted by molar-refractivity contribution is 1.11. The highest BCUT2D eigenvalue weighted by Crippen LogP contribution is 2.40. The molecule has 0 aliphatic rings. The van der Waals surface area contributed by atoms with Gasteiger partial charge in [0.1, 0.15) is 0 Å². The predicted octanol–water partition coefficient (Wildman–Crippen LogP) is 15.6. The Hall–Kier alpha value is -8.08. The molecule has 3 heterocycles. The fraction of sp³-hybridized carbons (Fsp3) is 0.0508. The van der Waals surface area contributed by atoms with Gasteiger partial charge in [0.15, 0.2) is 5.82 Å². The van der Waals surface area contributed by atoms with Crippen LogP contribution < -0.4 is 0 Å². The van der Waals surface area contributed by atoms with Gasteiger partial charge in [0.2, 0.25) is 0 Å². The van der Waals surface area contributed by atoms with E-state index in [0.29, 0.717) is 5.82 Å². The van der Waals surface area contributed by atoms with Crippen molar-refractivity contribution in [1.82, 2.24) is 19.1 Å². The van der Waals surface area contributed by atoms with E-state index in [9.17, 15) is 0 Å². The van der Waals surface area contributed by atoms with E-state index in [0.717, 1.165) is 72.6 Å². The second-order valence-corrected chi connectivity index (χ2v) is 16.4. The Morgan fingerprint density at radius 1 is 0.476 bits per heavy atom. The Kier molecular flexibility index (Phi) is 9.28. The molecule has 8 aromatic carbocycles. The average molecular weight is 809 g/mol. The first-order valence-electron chi connectivity index (χ1n) is 21.6. The fourth-order valence-corrected chi connectivity index (χ4v) is 9.42. The number of hydrogen-bond acceptors (Lipinski definition) is 2. The third kappa shape index (κ3) is 6.47. The van der Waals surface area contributed by atoms with Crippen molar-refractivity contribution >= 4 is 55.8 Å². The molecule has 3 aromatic heterocycles. The van der Waals surface area contributed by atoms with Crippen molar-refractivity contribution in [1.29, 1.82) is 0 Å². The quantitative estimate of drug-likeness (QED) is 0.153. The van der Waals surface area contributed by atoms with Crippen molar-refractivity contribution < 1.29 is 0 Å². The van der Waals surface area contributed by atoms with E-state index in [4.69, 9.17) is 9.97 Å². The number of aromatic nitrogens is 4. The van der Waals surface area contributed by atoms with Crippen molar-refractivity contribution in [3.63, 3.8) is 0 Å². The highest BCUT2D eigenvalue weighted by atomic mass is 15.0. The molecule has 0 aliphatic carbocycles.